The summed E-state index contributed by atoms with van der Waals surface area (Å²) in [5.41, 5.74) is 4.56. The van der Waals surface area contributed by atoms with Crippen LogP contribution in [0.25, 0.3) is 22.4 Å². The van der Waals surface area contributed by atoms with E-state index in [4.69, 9.17) is 9.72 Å². The van der Waals surface area contributed by atoms with Crippen LogP contribution in [0, 0.1) is 0 Å². The number of fused-ring (bicyclic) bond motifs is 1. The van der Waals surface area contributed by atoms with Gasteiger partial charge in [-0.3, -0.25) is 9.88 Å². The zero-order valence-corrected chi connectivity index (χ0v) is 21.2. The highest BCUT2D eigenvalue weighted by molar-refractivity contribution is 5.80. The van der Waals surface area contributed by atoms with Gasteiger partial charge >= 0.3 is 6.09 Å². The van der Waals surface area contributed by atoms with Crippen molar-refractivity contribution in [2.45, 2.75) is 39.3 Å². The predicted octanol–water partition coefficient (Wildman–Crippen LogP) is 3.40. The number of amides is 1. The maximum atomic E-state index is 12.3. The number of carbonyl (C=O) groups is 1. The zero-order valence-electron chi connectivity index (χ0n) is 21.2. The highest BCUT2D eigenvalue weighted by Crippen LogP contribution is 2.22. The first-order chi connectivity index (χ1) is 17.2. The van der Waals surface area contributed by atoms with Crippen LogP contribution in [0.2, 0.25) is 0 Å². The molecule has 0 radical (unpaired) electrons. The molecule has 0 atom stereocenters. The predicted molar refractivity (Wildman–Crippen MR) is 136 cm³/mol. The van der Waals surface area contributed by atoms with Gasteiger partial charge in [-0.25, -0.2) is 19.4 Å². The first-order valence-corrected chi connectivity index (χ1v) is 12.2. The molecule has 10 heteroatoms. The Balaban J connectivity index is 1.21. The largest absolute Gasteiger partial charge is 0.444 e. The molecule has 4 aromatic rings. The number of piperazine rings is 1. The number of aromatic nitrogens is 6. The number of pyridine rings is 1. The molecule has 1 aromatic carbocycles. The first-order valence-electron chi connectivity index (χ1n) is 12.2. The lowest BCUT2D eigenvalue weighted by Gasteiger charge is -2.35. The van der Waals surface area contributed by atoms with E-state index in [0.29, 0.717) is 19.5 Å². The number of ether oxygens (including phenoxy) is 1. The molecule has 0 unspecified atom stereocenters. The van der Waals surface area contributed by atoms with E-state index in [1.165, 1.54) is 5.56 Å². The Kier molecular flexibility index (Phi) is 6.44. The number of aromatic amines is 1. The molecule has 4 heterocycles. The van der Waals surface area contributed by atoms with Crippen molar-refractivity contribution in [3.05, 3.63) is 59.9 Å². The normalized spacial score (nSPS) is 14.9. The quantitative estimate of drug-likeness (QED) is 0.459. The van der Waals surface area contributed by atoms with Gasteiger partial charge in [0.05, 0.1) is 11.0 Å². The number of carbonyl (C=O) groups excluding carboxylic acids is 1. The summed E-state index contributed by atoms with van der Waals surface area (Å²) in [5, 5.41) is 4.15. The summed E-state index contributed by atoms with van der Waals surface area (Å²) in [6.45, 7) is 9.46. The van der Waals surface area contributed by atoms with Crippen molar-refractivity contribution in [3.63, 3.8) is 0 Å². The number of H-pyrrole nitrogens is 1. The van der Waals surface area contributed by atoms with E-state index in [0.717, 1.165) is 53.6 Å². The molecule has 1 fully saturated rings. The number of hydrogen-bond acceptors (Lipinski definition) is 7. The zero-order chi connectivity index (χ0) is 25.3. The Bertz CT molecular complexity index is 1360. The second-order valence-electron chi connectivity index (χ2n) is 10.2. The summed E-state index contributed by atoms with van der Waals surface area (Å²) in [6, 6.07) is 10.3. The molecule has 10 nitrogen and oxygen atoms in total. The van der Waals surface area contributed by atoms with Gasteiger partial charge in [0, 0.05) is 63.6 Å². The monoisotopic (exact) mass is 488 g/mol. The first kappa shape index (κ1) is 23.9. The van der Waals surface area contributed by atoms with Gasteiger partial charge in [-0.05, 0) is 56.7 Å². The molecule has 0 aliphatic carbocycles. The third kappa shape index (κ3) is 5.54. The van der Waals surface area contributed by atoms with Crippen LogP contribution >= 0.6 is 0 Å². The van der Waals surface area contributed by atoms with Crippen LogP contribution in [0.4, 0.5) is 4.79 Å². The third-order valence-electron chi connectivity index (χ3n) is 6.16. The standard InChI is InChI=1S/C26H32N8O2/c1-26(2,3)36-25(35)34-11-9-33(10-12-34)16-18-7-8-27-20(13-18)15-23-30-21-6-5-19(14-22(21)31-23)24-28-17-29-32(24)4/h5-8,13-14,17H,9-12,15-16H2,1-4H3,(H,30,31). The number of rotatable bonds is 5. The van der Waals surface area contributed by atoms with E-state index in [9.17, 15) is 4.79 Å². The minimum atomic E-state index is -0.472. The lowest BCUT2D eigenvalue weighted by Crippen LogP contribution is -2.49. The van der Waals surface area contributed by atoms with Crippen LogP contribution in [0.3, 0.4) is 0 Å². The number of imidazole rings is 1. The van der Waals surface area contributed by atoms with Gasteiger partial charge in [-0.15, -0.1) is 0 Å². The Morgan fingerprint density at radius 1 is 1.08 bits per heavy atom. The molecule has 1 aliphatic rings. The fourth-order valence-electron chi connectivity index (χ4n) is 4.41. The van der Waals surface area contributed by atoms with E-state index in [1.807, 2.05) is 46.1 Å². The molecular formula is C26H32N8O2. The van der Waals surface area contributed by atoms with Crippen LogP contribution in [-0.2, 0) is 24.8 Å². The molecule has 0 saturated carbocycles. The molecule has 188 valence electrons. The number of nitrogens with zero attached hydrogens (tertiary/aromatic N) is 7. The van der Waals surface area contributed by atoms with E-state index in [2.05, 4.69) is 43.1 Å². The topological polar surface area (TPSA) is 105 Å². The summed E-state index contributed by atoms with van der Waals surface area (Å²) in [6.07, 6.45) is 3.80. The van der Waals surface area contributed by atoms with Crippen LogP contribution in [0.5, 0.6) is 0 Å². The average molecular weight is 489 g/mol. The van der Waals surface area contributed by atoms with E-state index in [-0.39, 0.29) is 6.09 Å². The number of benzene rings is 1. The maximum Gasteiger partial charge on any atom is 0.410 e. The fourth-order valence-corrected chi connectivity index (χ4v) is 4.41. The van der Waals surface area contributed by atoms with Crippen molar-refractivity contribution in [1.82, 2.24) is 39.5 Å². The van der Waals surface area contributed by atoms with Crippen molar-refractivity contribution < 1.29 is 9.53 Å². The summed E-state index contributed by atoms with van der Waals surface area (Å²) < 4.78 is 7.25. The van der Waals surface area contributed by atoms with Crippen LogP contribution in [-0.4, -0.2) is 77.4 Å². The lowest BCUT2D eigenvalue weighted by atomic mass is 10.1. The maximum absolute atomic E-state index is 12.3. The molecule has 5 rings (SSSR count). The Morgan fingerprint density at radius 3 is 2.61 bits per heavy atom. The van der Waals surface area contributed by atoms with Gasteiger partial charge in [0.15, 0.2) is 5.82 Å². The molecule has 1 amide bonds. The Morgan fingerprint density at radius 2 is 1.89 bits per heavy atom. The Labute approximate surface area is 210 Å². The van der Waals surface area contributed by atoms with Crippen molar-refractivity contribution in [3.8, 4) is 11.4 Å². The van der Waals surface area contributed by atoms with Gasteiger partial charge in [-0.2, -0.15) is 5.10 Å². The highest BCUT2D eigenvalue weighted by Gasteiger charge is 2.25. The molecule has 0 spiro atoms. The Hall–Kier alpha value is -3.79. The minimum Gasteiger partial charge on any atom is -0.444 e. The molecule has 1 N–H and O–H groups in total. The second-order valence-corrected chi connectivity index (χ2v) is 10.2. The summed E-state index contributed by atoms with van der Waals surface area (Å²) >= 11 is 0. The highest BCUT2D eigenvalue weighted by atomic mass is 16.6. The van der Waals surface area contributed by atoms with E-state index < -0.39 is 5.60 Å². The smallest absolute Gasteiger partial charge is 0.410 e. The second kappa shape index (κ2) is 9.69. The fraction of sp³-hybridized carbons (Fsp3) is 0.423. The van der Waals surface area contributed by atoms with Crippen LogP contribution in [0.1, 0.15) is 37.9 Å². The van der Waals surface area contributed by atoms with Crippen molar-refractivity contribution in [2.24, 2.45) is 7.05 Å². The number of hydrogen-bond donors (Lipinski definition) is 1. The minimum absolute atomic E-state index is 0.233. The van der Waals surface area contributed by atoms with Crippen molar-refractivity contribution >= 4 is 17.1 Å². The van der Waals surface area contributed by atoms with Gasteiger partial charge in [-0.1, -0.05) is 0 Å². The number of aryl methyl sites for hydroxylation is 1. The lowest BCUT2D eigenvalue weighted by molar-refractivity contribution is 0.0139. The van der Waals surface area contributed by atoms with Gasteiger partial charge in [0.2, 0.25) is 0 Å². The van der Waals surface area contributed by atoms with Crippen molar-refractivity contribution in [2.75, 3.05) is 26.2 Å². The number of nitrogens with one attached hydrogen (secondary N) is 1. The van der Waals surface area contributed by atoms with E-state index in [1.54, 1.807) is 15.9 Å². The summed E-state index contributed by atoms with van der Waals surface area (Å²) in [4.78, 5) is 33.5. The SMILES string of the molecule is Cn1ncnc1-c1ccc2nc(Cc3cc(CN4CCN(C(=O)OC(C)(C)C)CC4)ccn3)[nH]c2c1. The van der Waals surface area contributed by atoms with Crippen molar-refractivity contribution in [1.29, 1.82) is 0 Å². The molecule has 3 aromatic heterocycles. The molecule has 36 heavy (non-hydrogen) atoms. The molecular weight excluding hydrogens is 456 g/mol. The molecule has 0 bridgehead atoms. The summed E-state index contributed by atoms with van der Waals surface area (Å²) in [7, 11) is 1.88. The van der Waals surface area contributed by atoms with E-state index >= 15 is 0 Å². The third-order valence-corrected chi connectivity index (χ3v) is 6.16. The van der Waals surface area contributed by atoms with Gasteiger partial charge in [0.25, 0.3) is 0 Å². The van der Waals surface area contributed by atoms with Gasteiger partial charge < -0.3 is 14.6 Å². The molecule has 1 aliphatic heterocycles. The molecule has 1 saturated heterocycles. The van der Waals surface area contributed by atoms with Gasteiger partial charge in [0.1, 0.15) is 17.8 Å². The average Bonchev–Trinajstić information content (AvgIpc) is 3.43. The summed E-state index contributed by atoms with van der Waals surface area (Å²) in [5.74, 6) is 1.69. The van der Waals surface area contributed by atoms with Crippen LogP contribution < -0.4 is 0 Å². The van der Waals surface area contributed by atoms with Crippen LogP contribution in [0.15, 0.2) is 42.9 Å².